The van der Waals surface area contributed by atoms with E-state index >= 15 is 0 Å². The van der Waals surface area contributed by atoms with Crippen molar-refractivity contribution in [1.82, 2.24) is 9.62 Å². The highest BCUT2D eigenvalue weighted by Crippen LogP contribution is 2.29. The molecule has 5 nitrogen and oxygen atoms in total. The van der Waals surface area contributed by atoms with Crippen molar-refractivity contribution in [3.63, 3.8) is 0 Å². The van der Waals surface area contributed by atoms with Crippen LogP contribution in [0.1, 0.15) is 26.7 Å². The number of piperidine rings is 1. The number of hydrogen-bond acceptors (Lipinski definition) is 4. The van der Waals surface area contributed by atoms with Crippen molar-refractivity contribution in [2.45, 2.75) is 50.9 Å². The van der Waals surface area contributed by atoms with E-state index < -0.39 is 10.0 Å². The zero-order valence-electron chi connectivity index (χ0n) is 10.7. The molecule has 100 valence electrons. The molecule has 0 radical (unpaired) electrons. The quantitative estimate of drug-likeness (QED) is 0.788. The lowest BCUT2D eigenvalue weighted by molar-refractivity contribution is -0.0927. The summed E-state index contributed by atoms with van der Waals surface area (Å²) in [6, 6.07) is 1.26. The normalized spacial score (nSPS) is 35.2. The Morgan fingerprint density at radius 3 is 2.18 bits per heavy atom. The number of nitrogens with zero attached hydrogens (tertiary/aromatic N) is 1. The molecule has 0 aliphatic carbocycles. The van der Waals surface area contributed by atoms with Gasteiger partial charge in [0, 0.05) is 24.2 Å². The number of sulfonamides is 1. The van der Waals surface area contributed by atoms with E-state index in [1.165, 1.54) is 6.26 Å². The highest BCUT2D eigenvalue weighted by Gasteiger charge is 2.40. The van der Waals surface area contributed by atoms with Gasteiger partial charge in [0.25, 0.3) is 0 Å². The predicted octanol–water partition coefficient (Wildman–Crippen LogP) is 0.176. The molecule has 2 fully saturated rings. The number of fused-ring (bicyclic) bond motifs is 2. The molecule has 3 atom stereocenters. The molecule has 2 aliphatic rings. The van der Waals surface area contributed by atoms with Crippen LogP contribution in [-0.4, -0.2) is 57.0 Å². The zero-order valence-corrected chi connectivity index (χ0v) is 11.5. The average molecular weight is 262 g/mol. The van der Waals surface area contributed by atoms with Gasteiger partial charge in [0.15, 0.2) is 0 Å². The van der Waals surface area contributed by atoms with Crippen LogP contribution in [-0.2, 0) is 14.8 Å². The fraction of sp³-hybridized carbons (Fsp3) is 1.00. The minimum absolute atomic E-state index is 0.0684. The summed E-state index contributed by atoms with van der Waals surface area (Å²) in [4.78, 5) is 2.48. The van der Waals surface area contributed by atoms with E-state index in [1.807, 2.05) is 0 Å². The van der Waals surface area contributed by atoms with Crippen molar-refractivity contribution in [3.8, 4) is 0 Å². The Bertz CT molecular complexity index is 355. The highest BCUT2D eigenvalue weighted by atomic mass is 32.2. The predicted molar refractivity (Wildman–Crippen MR) is 66.4 cm³/mol. The average Bonchev–Trinajstić information content (AvgIpc) is 2.12. The summed E-state index contributed by atoms with van der Waals surface area (Å²) in [6.45, 7) is 5.82. The van der Waals surface area contributed by atoms with E-state index in [2.05, 4.69) is 23.5 Å². The summed E-state index contributed by atoms with van der Waals surface area (Å²) in [5.74, 6) is 0. The molecular formula is C11H22N2O3S. The molecule has 2 saturated heterocycles. The first-order chi connectivity index (χ1) is 7.87. The summed E-state index contributed by atoms with van der Waals surface area (Å²) in [6.07, 6.45) is 2.93. The van der Waals surface area contributed by atoms with Crippen molar-refractivity contribution in [1.29, 1.82) is 0 Å². The van der Waals surface area contributed by atoms with Gasteiger partial charge in [-0.05, 0) is 26.7 Å². The van der Waals surface area contributed by atoms with E-state index in [0.29, 0.717) is 18.1 Å². The largest absolute Gasteiger partial charge is 0.378 e. The van der Waals surface area contributed by atoms with Gasteiger partial charge < -0.3 is 4.74 Å². The number of hydrogen-bond donors (Lipinski definition) is 1. The number of nitrogens with one attached hydrogen (secondary N) is 1. The Morgan fingerprint density at radius 2 is 1.76 bits per heavy atom. The topological polar surface area (TPSA) is 58.6 Å². The number of rotatable bonds is 3. The van der Waals surface area contributed by atoms with Gasteiger partial charge in [0.05, 0.1) is 19.5 Å². The van der Waals surface area contributed by atoms with Gasteiger partial charge in [-0.1, -0.05) is 0 Å². The second-order valence-electron chi connectivity index (χ2n) is 5.44. The first-order valence-corrected chi connectivity index (χ1v) is 8.08. The van der Waals surface area contributed by atoms with Gasteiger partial charge in [-0.25, -0.2) is 13.1 Å². The maximum Gasteiger partial charge on any atom is 0.208 e. The van der Waals surface area contributed by atoms with E-state index in [-0.39, 0.29) is 6.04 Å². The molecule has 0 aromatic heterocycles. The van der Waals surface area contributed by atoms with Crippen molar-refractivity contribution in [3.05, 3.63) is 0 Å². The molecule has 2 aliphatic heterocycles. The Kier molecular flexibility index (Phi) is 3.77. The van der Waals surface area contributed by atoms with Crippen LogP contribution in [0.5, 0.6) is 0 Å². The maximum absolute atomic E-state index is 11.3. The molecule has 0 amide bonds. The van der Waals surface area contributed by atoms with Gasteiger partial charge in [0.1, 0.15) is 0 Å². The van der Waals surface area contributed by atoms with Crippen LogP contribution >= 0.6 is 0 Å². The lowest BCUT2D eigenvalue weighted by Crippen LogP contribution is -2.62. The Hall–Kier alpha value is -0.170. The van der Waals surface area contributed by atoms with Crippen molar-refractivity contribution in [2.75, 3.05) is 19.5 Å². The van der Waals surface area contributed by atoms with Crippen LogP contribution in [0.4, 0.5) is 0 Å². The lowest BCUT2D eigenvalue weighted by atomic mass is 9.89. The SMILES string of the molecule is CC(C)N1C2COC[C@@H]1CC(NS(C)(=O)=O)C2. The molecular weight excluding hydrogens is 240 g/mol. The van der Waals surface area contributed by atoms with E-state index in [9.17, 15) is 8.42 Å². The molecule has 1 N–H and O–H groups in total. The fourth-order valence-electron chi connectivity index (χ4n) is 3.19. The fourth-order valence-corrected chi connectivity index (χ4v) is 3.98. The molecule has 2 unspecified atom stereocenters. The van der Waals surface area contributed by atoms with Crippen LogP contribution in [0, 0.1) is 0 Å². The van der Waals surface area contributed by atoms with E-state index in [0.717, 1.165) is 26.1 Å². The van der Waals surface area contributed by atoms with Gasteiger partial charge in [-0.2, -0.15) is 0 Å². The zero-order chi connectivity index (χ0) is 12.6. The van der Waals surface area contributed by atoms with Gasteiger partial charge in [-0.3, -0.25) is 4.90 Å². The number of ether oxygens (including phenoxy) is 1. The minimum Gasteiger partial charge on any atom is -0.378 e. The van der Waals surface area contributed by atoms with Crippen LogP contribution in [0.3, 0.4) is 0 Å². The summed E-state index contributed by atoms with van der Waals surface area (Å²) in [5, 5.41) is 0. The van der Waals surface area contributed by atoms with Crippen LogP contribution in [0.2, 0.25) is 0 Å². The van der Waals surface area contributed by atoms with Gasteiger partial charge in [0.2, 0.25) is 10.0 Å². The Morgan fingerprint density at radius 1 is 1.24 bits per heavy atom. The highest BCUT2D eigenvalue weighted by molar-refractivity contribution is 7.88. The maximum atomic E-state index is 11.3. The van der Waals surface area contributed by atoms with Crippen molar-refractivity contribution < 1.29 is 13.2 Å². The van der Waals surface area contributed by atoms with Crippen LogP contribution in [0.15, 0.2) is 0 Å². The monoisotopic (exact) mass is 262 g/mol. The van der Waals surface area contributed by atoms with Gasteiger partial charge in [-0.15, -0.1) is 0 Å². The van der Waals surface area contributed by atoms with Crippen LogP contribution in [0.25, 0.3) is 0 Å². The molecule has 0 spiro atoms. The molecule has 2 rings (SSSR count). The molecule has 0 saturated carbocycles. The van der Waals surface area contributed by atoms with E-state index in [1.54, 1.807) is 0 Å². The number of morpholine rings is 1. The molecule has 0 aromatic rings. The molecule has 0 aromatic carbocycles. The standard InChI is InChI=1S/C11H22N2O3S/c1-8(2)13-10-4-9(12-17(3,14)15)5-11(13)7-16-6-10/h8-12H,4-7H2,1-3H3/t9?,10-,11?/m0/s1. The summed E-state index contributed by atoms with van der Waals surface area (Å²) in [7, 11) is -3.10. The first-order valence-electron chi connectivity index (χ1n) is 6.19. The molecule has 2 bridgehead atoms. The van der Waals surface area contributed by atoms with Crippen LogP contribution < -0.4 is 4.72 Å². The third kappa shape index (κ3) is 3.19. The smallest absolute Gasteiger partial charge is 0.208 e. The molecule has 17 heavy (non-hydrogen) atoms. The third-order valence-electron chi connectivity index (χ3n) is 3.55. The summed E-state index contributed by atoms with van der Waals surface area (Å²) in [5.41, 5.74) is 0. The van der Waals surface area contributed by atoms with E-state index in [4.69, 9.17) is 4.74 Å². The van der Waals surface area contributed by atoms with Crippen molar-refractivity contribution in [2.24, 2.45) is 0 Å². The lowest BCUT2D eigenvalue weighted by Gasteiger charge is -2.50. The first kappa shape index (κ1) is 13.3. The van der Waals surface area contributed by atoms with Gasteiger partial charge >= 0.3 is 0 Å². The van der Waals surface area contributed by atoms with Crippen molar-refractivity contribution >= 4 is 10.0 Å². The second kappa shape index (κ2) is 4.84. The Labute approximate surface area is 104 Å². The Balaban J connectivity index is 2.06. The third-order valence-corrected chi connectivity index (χ3v) is 4.32. The summed E-state index contributed by atoms with van der Waals surface area (Å²) >= 11 is 0. The summed E-state index contributed by atoms with van der Waals surface area (Å²) < 4.78 is 30.9. The second-order valence-corrected chi connectivity index (χ2v) is 7.22. The molecule has 2 heterocycles. The molecule has 6 heteroatoms. The minimum atomic E-state index is -3.10.